The average molecular weight is 602 g/mol. The first-order valence-corrected chi connectivity index (χ1v) is 16.1. The molecule has 8 nitrogen and oxygen atoms in total. The molecule has 0 saturated carbocycles. The minimum atomic E-state index is -0.806. The molecule has 0 spiro atoms. The Morgan fingerprint density at radius 2 is 1.70 bits per heavy atom. The number of methoxy groups -OCH3 is 2. The third kappa shape index (κ3) is 9.29. The lowest BCUT2D eigenvalue weighted by Gasteiger charge is -2.41. The number of likely N-dealkylation sites (N-methyl/N-ethyl adjacent to an activating group) is 1. The normalized spacial score (nSPS) is 20.9. The van der Waals surface area contributed by atoms with Crippen LogP contribution >= 0.6 is 0 Å². The van der Waals surface area contributed by atoms with Crippen LogP contribution < -0.4 is 5.32 Å². The number of benzene rings is 1. The lowest BCUT2D eigenvalue weighted by atomic mass is 9.88. The van der Waals surface area contributed by atoms with E-state index in [0.29, 0.717) is 6.42 Å². The fraction of sp³-hybridized carbons (Fsp3) is 0.714. The maximum atomic E-state index is 13.4. The molecule has 244 valence electrons. The number of nitrogens with zero attached hydrogens (tertiary/aromatic N) is 2. The number of carbonyl (C=O) groups excluding carboxylic acids is 2. The Balaban J connectivity index is 2.17. The van der Waals surface area contributed by atoms with Crippen LogP contribution in [0, 0.1) is 23.7 Å². The highest BCUT2D eigenvalue weighted by Gasteiger charge is 2.41. The predicted molar refractivity (Wildman–Crippen MR) is 173 cm³/mol. The Hall–Kier alpha value is -2.42. The van der Waals surface area contributed by atoms with E-state index in [-0.39, 0.29) is 53.9 Å². The van der Waals surface area contributed by atoms with Gasteiger partial charge in [0.1, 0.15) is 0 Å². The van der Waals surface area contributed by atoms with Gasteiger partial charge in [-0.15, -0.1) is 0 Å². The smallest absolute Gasteiger partial charge is 0.225 e. The quantitative estimate of drug-likeness (QED) is 0.248. The van der Waals surface area contributed by atoms with Crippen LogP contribution in [0.1, 0.15) is 85.8 Å². The maximum Gasteiger partial charge on any atom is 0.225 e. The zero-order chi connectivity index (χ0) is 32.4. The van der Waals surface area contributed by atoms with E-state index >= 15 is 0 Å². The van der Waals surface area contributed by atoms with Crippen molar-refractivity contribution in [2.75, 3.05) is 27.8 Å². The molecule has 1 fully saturated rings. The summed E-state index contributed by atoms with van der Waals surface area (Å²) in [6.07, 6.45) is 1.96. The number of ether oxygens (including phenoxy) is 2. The number of hydrogen-bond donors (Lipinski definition) is 2. The van der Waals surface area contributed by atoms with Crippen molar-refractivity contribution in [2.24, 2.45) is 23.7 Å². The van der Waals surface area contributed by atoms with Crippen molar-refractivity contribution in [1.82, 2.24) is 15.1 Å². The first-order chi connectivity index (χ1) is 20.3. The van der Waals surface area contributed by atoms with Crippen molar-refractivity contribution in [3.8, 4) is 0 Å². The summed E-state index contributed by atoms with van der Waals surface area (Å²) in [6, 6.07) is 8.79. The molecule has 1 saturated heterocycles. The predicted octanol–water partition coefficient (Wildman–Crippen LogP) is 5.42. The molecular formula is C35H59N3O5. The number of likely N-dealkylation sites (tertiary alicyclic amines) is 1. The van der Waals surface area contributed by atoms with E-state index in [1.54, 1.807) is 14.2 Å². The average Bonchev–Trinajstić information content (AvgIpc) is 3.49. The van der Waals surface area contributed by atoms with E-state index in [9.17, 15) is 14.7 Å². The van der Waals surface area contributed by atoms with Crippen LogP contribution in [0.5, 0.6) is 0 Å². The number of rotatable bonds is 17. The van der Waals surface area contributed by atoms with E-state index in [2.05, 4.69) is 44.5 Å². The minimum absolute atomic E-state index is 0.0208. The van der Waals surface area contributed by atoms with Gasteiger partial charge in [0.05, 0.1) is 42.4 Å². The second-order valence-electron chi connectivity index (χ2n) is 12.9. The van der Waals surface area contributed by atoms with Crippen LogP contribution in [0.2, 0.25) is 0 Å². The van der Waals surface area contributed by atoms with Gasteiger partial charge in [-0.05, 0) is 37.2 Å². The molecule has 2 N–H and O–H groups in total. The standard InChI is InChI=1S/C35H59N3O5/c1-12-23(4)31(37(9)35(41)25(6)22(2)3)30(42-10)21-24(5)38-20-16-19-29(38)33(43-11)26(7)34(40)36-27(8)32(39)28-17-14-13-15-18-28/h13-15,17-18,22-23,25-27,29-33,39H,5,12,16,19-21H2,1-4,6-11H3,(H,36,40)/t23-,25-,26+,27+,29-,30+,31-,32+,33+/m0/s1. The van der Waals surface area contributed by atoms with Crippen molar-refractivity contribution >= 4 is 11.8 Å². The highest BCUT2D eigenvalue weighted by Crippen LogP contribution is 2.33. The molecule has 1 aliphatic heterocycles. The summed E-state index contributed by atoms with van der Waals surface area (Å²) in [7, 11) is 5.28. The van der Waals surface area contributed by atoms with E-state index < -0.39 is 18.1 Å². The van der Waals surface area contributed by atoms with Gasteiger partial charge in [0.25, 0.3) is 0 Å². The van der Waals surface area contributed by atoms with Gasteiger partial charge < -0.3 is 29.7 Å². The van der Waals surface area contributed by atoms with Gasteiger partial charge in [-0.2, -0.15) is 0 Å². The molecule has 0 aromatic heterocycles. The van der Waals surface area contributed by atoms with Gasteiger partial charge in [-0.25, -0.2) is 0 Å². The van der Waals surface area contributed by atoms with Crippen LogP contribution in [0.25, 0.3) is 0 Å². The second-order valence-corrected chi connectivity index (χ2v) is 12.9. The Labute approximate surface area is 261 Å². The summed E-state index contributed by atoms with van der Waals surface area (Å²) in [5.41, 5.74) is 1.70. The molecule has 1 aromatic rings. The molecule has 1 heterocycles. The van der Waals surface area contributed by atoms with Crippen molar-refractivity contribution in [3.05, 3.63) is 48.2 Å². The largest absolute Gasteiger partial charge is 0.386 e. The van der Waals surface area contributed by atoms with Gasteiger partial charge in [0.15, 0.2) is 0 Å². The maximum absolute atomic E-state index is 13.4. The van der Waals surface area contributed by atoms with Crippen LogP contribution in [0.3, 0.4) is 0 Å². The Bertz CT molecular complexity index is 1020. The van der Waals surface area contributed by atoms with Crippen molar-refractivity contribution in [1.29, 1.82) is 0 Å². The van der Waals surface area contributed by atoms with Crippen LogP contribution in [-0.2, 0) is 19.1 Å². The lowest BCUT2D eigenvalue weighted by molar-refractivity contribution is -0.142. The molecule has 0 unspecified atom stereocenters. The molecule has 9 atom stereocenters. The molecule has 1 aliphatic rings. The Morgan fingerprint density at radius 3 is 2.23 bits per heavy atom. The Kier molecular flexibility index (Phi) is 14.7. The minimum Gasteiger partial charge on any atom is -0.386 e. The van der Waals surface area contributed by atoms with Crippen LogP contribution in [0.4, 0.5) is 0 Å². The third-order valence-electron chi connectivity index (χ3n) is 9.78. The fourth-order valence-corrected chi connectivity index (χ4v) is 6.43. The lowest BCUT2D eigenvalue weighted by Crippen LogP contribution is -2.52. The van der Waals surface area contributed by atoms with Gasteiger partial charge >= 0.3 is 0 Å². The highest BCUT2D eigenvalue weighted by molar-refractivity contribution is 5.79. The molecule has 1 aromatic carbocycles. The zero-order valence-corrected chi connectivity index (χ0v) is 28.4. The molecule has 0 radical (unpaired) electrons. The SMILES string of the molecule is C=C(C[C@@H](OC)[C@H]([C@@H](C)CC)N(C)C(=O)[C@@H](C)C(C)C)N1CCC[C@H]1[C@H](OC)[C@@H](C)C(=O)N[C@H](C)[C@@H](O)c1ccccc1. The monoisotopic (exact) mass is 601 g/mol. The van der Waals surface area contributed by atoms with Gasteiger partial charge in [0, 0.05) is 45.8 Å². The number of aliphatic hydroxyl groups excluding tert-OH is 1. The molecule has 0 bridgehead atoms. The summed E-state index contributed by atoms with van der Waals surface area (Å²) >= 11 is 0. The number of carbonyl (C=O) groups is 2. The topological polar surface area (TPSA) is 91.3 Å². The molecule has 2 amide bonds. The van der Waals surface area contributed by atoms with Crippen molar-refractivity contribution in [3.63, 3.8) is 0 Å². The van der Waals surface area contributed by atoms with E-state index in [4.69, 9.17) is 9.47 Å². The van der Waals surface area contributed by atoms with Gasteiger partial charge in [-0.3, -0.25) is 9.59 Å². The summed E-state index contributed by atoms with van der Waals surface area (Å²) in [5.74, 6) is -0.0449. The number of hydrogen-bond acceptors (Lipinski definition) is 6. The van der Waals surface area contributed by atoms with E-state index in [1.165, 1.54) is 0 Å². The number of aliphatic hydroxyl groups is 1. The van der Waals surface area contributed by atoms with E-state index in [0.717, 1.165) is 37.1 Å². The molecular weight excluding hydrogens is 542 g/mol. The molecule has 43 heavy (non-hydrogen) atoms. The summed E-state index contributed by atoms with van der Waals surface area (Å²) in [6.45, 7) is 19.5. The zero-order valence-electron chi connectivity index (χ0n) is 28.4. The van der Waals surface area contributed by atoms with Crippen molar-refractivity contribution in [2.45, 2.75) is 111 Å². The molecule has 2 rings (SSSR count). The highest BCUT2D eigenvalue weighted by atomic mass is 16.5. The van der Waals surface area contributed by atoms with Crippen molar-refractivity contribution < 1.29 is 24.2 Å². The van der Waals surface area contributed by atoms with Gasteiger partial charge in [-0.1, -0.05) is 84.9 Å². The summed E-state index contributed by atoms with van der Waals surface area (Å²) < 4.78 is 12.1. The third-order valence-corrected chi connectivity index (χ3v) is 9.78. The first-order valence-electron chi connectivity index (χ1n) is 16.1. The van der Waals surface area contributed by atoms with Crippen LogP contribution in [0.15, 0.2) is 42.6 Å². The Morgan fingerprint density at radius 1 is 1.07 bits per heavy atom. The first kappa shape index (κ1) is 36.8. The van der Waals surface area contributed by atoms with Crippen LogP contribution in [-0.4, -0.2) is 84.9 Å². The second kappa shape index (κ2) is 17.2. The fourth-order valence-electron chi connectivity index (χ4n) is 6.43. The molecule has 8 heteroatoms. The van der Waals surface area contributed by atoms with E-state index in [1.807, 2.05) is 63.1 Å². The van der Waals surface area contributed by atoms with Gasteiger partial charge in [0.2, 0.25) is 11.8 Å². The summed E-state index contributed by atoms with van der Waals surface area (Å²) in [5, 5.41) is 13.8. The summed E-state index contributed by atoms with van der Waals surface area (Å²) in [4.78, 5) is 31.0. The number of nitrogens with one attached hydrogen (secondary N) is 1. The molecule has 0 aliphatic carbocycles. The number of amides is 2.